The Morgan fingerprint density at radius 3 is 2.85 bits per heavy atom. The van der Waals surface area contributed by atoms with E-state index in [1.54, 1.807) is 12.1 Å². The predicted octanol–water partition coefficient (Wildman–Crippen LogP) is 2.75. The van der Waals surface area contributed by atoms with Crippen molar-refractivity contribution in [1.29, 1.82) is 0 Å². The Balaban J connectivity index is 1.56. The molecule has 4 rings (SSSR count). The Hall–Kier alpha value is -1.42. The number of halogens is 1. The van der Waals surface area contributed by atoms with Crippen LogP contribution >= 0.6 is 0 Å². The summed E-state index contributed by atoms with van der Waals surface area (Å²) in [5, 5.41) is 4.08. The molecule has 0 aromatic heterocycles. The lowest BCUT2D eigenvalue weighted by molar-refractivity contribution is -0.139. The highest BCUT2D eigenvalue weighted by Gasteiger charge is 2.47. The van der Waals surface area contributed by atoms with E-state index in [4.69, 9.17) is 0 Å². The normalized spacial score (nSPS) is 30.1. The van der Waals surface area contributed by atoms with Crippen molar-refractivity contribution in [2.75, 3.05) is 13.1 Å². The number of hydrogen-bond acceptors (Lipinski definition) is 2. The first kappa shape index (κ1) is 12.3. The molecule has 2 heterocycles. The number of fused-ring (bicyclic) bond motifs is 1. The molecule has 1 amide bonds. The summed E-state index contributed by atoms with van der Waals surface area (Å²) in [4.78, 5) is 12.6. The van der Waals surface area contributed by atoms with Crippen LogP contribution in [0.4, 0.5) is 4.39 Å². The number of benzene rings is 1. The van der Waals surface area contributed by atoms with Crippen LogP contribution in [0.25, 0.3) is 0 Å². The van der Waals surface area contributed by atoms with Gasteiger partial charge in [-0.2, -0.15) is 0 Å². The molecular formula is C16H19FN2O. The van der Waals surface area contributed by atoms with Crippen molar-refractivity contribution in [2.24, 2.45) is 11.8 Å². The molecule has 2 unspecified atom stereocenters. The summed E-state index contributed by atoms with van der Waals surface area (Å²) in [5.74, 6) is 0.974. The van der Waals surface area contributed by atoms with Crippen molar-refractivity contribution < 1.29 is 9.18 Å². The van der Waals surface area contributed by atoms with Crippen LogP contribution in [0.5, 0.6) is 0 Å². The Bertz CT molecular complexity index is 543. The zero-order valence-corrected chi connectivity index (χ0v) is 11.5. The molecule has 3 fully saturated rings. The highest BCUT2D eigenvalue weighted by atomic mass is 19.1. The van der Waals surface area contributed by atoms with Crippen LogP contribution in [0, 0.1) is 17.7 Å². The quantitative estimate of drug-likeness (QED) is 0.846. The number of nitrogens with zero attached hydrogens (tertiary/aromatic N) is 2. The molecule has 2 saturated heterocycles. The fraction of sp³-hybridized carbons (Fsp3) is 0.562. The SMILES string of the molecule is O=C1C(CC2CC2)CN2CCC(c3cccc(F)c3)N12. The first-order chi connectivity index (χ1) is 9.72. The van der Waals surface area contributed by atoms with E-state index in [9.17, 15) is 9.18 Å². The molecule has 3 aliphatic rings. The minimum Gasteiger partial charge on any atom is -0.273 e. The second-order valence-corrected chi connectivity index (χ2v) is 6.33. The lowest BCUT2D eigenvalue weighted by Gasteiger charge is -2.25. The second-order valence-electron chi connectivity index (χ2n) is 6.33. The zero-order valence-electron chi connectivity index (χ0n) is 11.5. The van der Waals surface area contributed by atoms with Gasteiger partial charge in [-0.3, -0.25) is 9.80 Å². The third-order valence-corrected chi connectivity index (χ3v) is 4.81. The molecule has 0 N–H and O–H groups in total. The number of carbonyl (C=O) groups excluding carboxylic acids is 1. The Kier molecular flexibility index (Phi) is 2.81. The maximum absolute atomic E-state index is 13.4. The largest absolute Gasteiger partial charge is 0.273 e. The highest BCUT2D eigenvalue weighted by Crippen LogP contribution is 2.42. The van der Waals surface area contributed by atoms with E-state index >= 15 is 0 Å². The number of rotatable bonds is 3. The number of amides is 1. The van der Waals surface area contributed by atoms with Gasteiger partial charge in [-0.25, -0.2) is 9.40 Å². The number of hydrogen-bond donors (Lipinski definition) is 0. The van der Waals surface area contributed by atoms with Gasteiger partial charge in [0.2, 0.25) is 5.91 Å². The average molecular weight is 274 g/mol. The third kappa shape index (κ3) is 2.03. The molecule has 1 aliphatic carbocycles. The molecule has 2 atom stereocenters. The van der Waals surface area contributed by atoms with E-state index in [2.05, 4.69) is 5.01 Å². The lowest BCUT2D eigenvalue weighted by atomic mass is 9.99. The van der Waals surface area contributed by atoms with E-state index in [0.29, 0.717) is 0 Å². The summed E-state index contributed by atoms with van der Waals surface area (Å²) >= 11 is 0. The average Bonchev–Trinajstić information content (AvgIpc) is 3.06. The lowest BCUT2D eigenvalue weighted by Crippen LogP contribution is -2.34. The van der Waals surface area contributed by atoms with Crippen molar-refractivity contribution in [2.45, 2.75) is 31.7 Å². The maximum Gasteiger partial charge on any atom is 0.241 e. The molecule has 20 heavy (non-hydrogen) atoms. The standard InChI is InChI=1S/C16H19FN2O/c17-14-3-1-2-12(9-14)15-6-7-18-10-13(8-11-4-5-11)16(20)19(15)18/h1-3,9,11,13,15H,4-8,10H2. The Labute approximate surface area is 118 Å². The van der Waals surface area contributed by atoms with E-state index < -0.39 is 0 Å². The van der Waals surface area contributed by atoms with Gasteiger partial charge in [-0.1, -0.05) is 25.0 Å². The topological polar surface area (TPSA) is 23.6 Å². The summed E-state index contributed by atoms with van der Waals surface area (Å²) < 4.78 is 13.4. The van der Waals surface area contributed by atoms with Crippen molar-refractivity contribution >= 4 is 5.91 Å². The van der Waals surface area contributed by atoms with Crippen LogP contribution in [0.2, 0.25) is 0 Å². The van der Waals surface area contributed by atoms with E-state index in [1.165, 1.54) is 18.9 Å². The summed E-state index contributed by atoms with van der Waals surface area (Å²) in [7, 11) is 0. The predicted molar refractivity (Wildman–Crippen MR) is 73.0 cm³/mol. The van der Waals surface area contributed by atoms with E-state index in [1.807, 2.05) is 11.1 Å². The zero-order chi connectivity index (χ0) is 13.7. The van der Waals surface area contributed by atoms with E-state index in [-0.39, 0.29) is 23.7 Å². The molecule has 0 spiro atoms. The van der Waals surface area contributed by atoms with Crippen molar-refractivity contribution in [1.82, 2.24) is 10.0 Å². The van der Waals surface area contributed by atoms with Gasteiger partial charge in [-0.05, 0) is 36.5 Å². The molecule has 1 aromatic rings. The molecular weight excluding hydrogens is 255 g/mol. The smallest absolute Gasteiger partial charge is 0.241 e. The molecule has 2 aliphatic heterocycles. The fourth-order valence-electron chi connectivity index (χ4n) is 3.64. The van der Waals surface area contributed by atoms with Crippen LogP contribution < -0.4 is 0 Å². The van der Waals surface area contributed by atoms with Crippen molar-refractivity contribution in [3.05, 3.63) is 35.6 Å². The minimum atomic E-state index is -0.220. The van der Waals surface area contributed by atoms with Crippen LogP contribution in [0.3, 0.4) is 0 Å². The minimum absolute atomic E-state index is 0.0300. The molecule has 1 saturated carbocycles. The summed E-state index contributed by atoms with van der Waals surface area (Å²) in [6, 6.07) is 6.71. The molecule has 0 radical (unpaired) electrons. The van der Waals surface area contributed by atoms with Crippen molar-refractivity contribution in [3.63, 3.8) is 0 Å². The van der Waals surface area contributed by atoms with Crippen LogP contribution in [-0.4, -0.2) is 29.0 Å². The Morgan fingerprint density at radius 1 is 1.25 bits per heavy atom. The summed E-state index contributed by atoms with van der Waals surface area (Å²) in [6.07, 6.45) is 4.53. The number of carbonyl (C=O) groups is 1. The first-order valence-electron chi connectivity index (χ1n) is 7.56. The third-order valence-electron chi connectivity index (χ3n) is 4.81. The molecule has 106 valence electrons. The van der Waals surface area contributed by atoms with Crippen molar-refractivity contribution in [3.8, 4) is 0 Å². The van der Waals surface area contributed by atoms with Gasteiger partial charge in [0.05, 0.1) is 12.0 Å². The van der Waals surface area contributed by atoms with Gasteiger partial charge in [-0.15, -0.1) is 0 Å². The summed E-state index contributed by atoms with van der Waals surface area (Å²) in [6.45, 7) is 1.77. The molecule has 0 bridgehead atoms. The second kappa shape index (κ2) is 4.55. The Morgan fingerprint density at radius 2 is 2.10 bits per heavy atom. The first-order valence-corrected chi connectivity index (χ1v) is 7.56. The highest BCUT2D eigenvalue weighted by molar-refractivity contribution is 5.81. The van der Waals surface area contributed by atoms with Gasteiger partial charge in [0.15, 0.2) is 0 Å². The fourth-order valence-corrected chi connectivity index (χ4v) is 3.64. The van der Waals surface area contributed by atoms with Crippen LogP contribution in [0.1, 0.15) is 37.3 Å². The van der Waals surface area contributed by atoms with Gasteiger partial charge >= 0.3 is 0 Å². The monoisotopic (exact) mass is 274 g/mol. The molecule has 1 aromatic carbocycles. The van der Waals surface area contributed by atoms with Gasteiger partial charge < -0.3 is 0 Å². The van der Waals surface area contributed by atoms with Crippen LogP contribution in [0.15, 0.2) is 24.3 Å². The summed E-state index contributed by atoms with van der Waals surface area (Å²) in [5.41, 5.74) is 0.924. The maximum atomic E-state index is 13.4. The van der Waals surface area contributed by atoms with Gasteiger partial charge in [0, 0.05) is 13.1 Å². The van der Waals surface area contributed by atoms with E-state index in [0.717, 1.165) is 37.4 Å². The van der Waals surface area contributed by atoms with Gasteiger partial charge in [0.1, 0.15) is 5.82 Å². The molecule has 4 heteroatoms. The van der Waals surface area contributed by atoms with Gasteiger partial charge in [0.25, 0.3) is 0 Å². The number of hydrazine groups is 1. The molecule has 3 nitrogen and oxygen atoms in total. The van der Waals surface area contributed by atoms with Crippen LogP contribution in [-0.2, 0) is 4.79 Å².